The average molecular weight is 251 g/mol. The number of amides is 1. The van der Waals surface area contributed by atoms with Crippen molar-refractivity contribution in [1.29, 1.82) is 5.26 Å². The average Bonchev–Trinajstić information content (AvgIpc) is 2.34. The highest BCUT2D eigenvalue weighted by atomic mass is 16.6. The van der Waals surface area contributed by atoms with E-state index in [1.807, 2.05) is 0 Å². The normalized spacial score (nSPS) is 11.3. The van der Waals surface area contributed by atoms with Gasteiger partial charge in [0.05, 0.1) is 11.5 Å². The molecule has 1 unspecified atom stereocenters. The van der Waals surface area contributed by atoms with Crippen molar-refractivity contribution in [2.75, 3.05) is 11.9 Å². The number of primary amides is 1. The molecule has 0 fully saturated rings. The predicted molar refractivity (Wildman–Crippen MR) is 59.3 cm³/mol. The van der Waals surface area contributed by atoms with Gasteiger partial charge in [-0.2, -0.15) is 5.26 Å². The molecule has 0 saturated carbocycles. The summed E-state index contributed by atoms with van der Waals surface area (Å²) in [6, 6.07) is 2.84. The van der Waals surface area contributed by atoms with Crippen LogP contribution in [0.25, 0.3) is 0 Å². The van der Waals surface area contributed by atoms with E-state index in [9.17, 15) is 14.9 Å². The van der Waals surface area contributed by atoms with E-state index in [4.69, 9.17) is 16.1 Å². The van der Waals surface area contributed by atoms with E-state index in [-0.39, 0.29) is 17.9 Å². The van der Waals surface area contributed by atoms with Crippen molar-refractivity contribution in [1.82, 2.24) is 4.98 Å². The fourth-order valence-corrected chi connectivity index (χ4v) is 1.15. The van der Waals surface area contributed by atoms with Gasteiger partial charge in [0.1, 0.15) is 17.7 Å². The lowest BCUT2D eigenvalue weighted by Crippen LogP contribution is -2.34. The minimum absolute atomic E-state index is 0.175. The number of aliphatic hydroxyl groups excluding tert-OH is 1. The van der Waals surface area contributed by atoms with E-state index < -0.39 is 22.6 Å². The van der Waals surface area contributed by atoms with Crippen LogP contribution in [-0.4, -0.2) is 33.6 Å². The molecule has 0 spiro atoms. The molecule has 0 aliphatic carbocycles. The molecule has 0 aromatic carbocycles. The summed E-state index contributed by atoms with van der Waals surface area (Å²) in [6.45, 7) is -0.335. The Hall–Kier alpha value is -2.73. The van der Waals surface area contributed by atoms with E-state index in [0.29, 0.717) is 0 Å². The third-order valence-corrected chi connectivity index (χ3v) is 2.02. The topological polar surface area (TPSA) is 155 Å². The molecule has 1 atom stereocenters. The number of aliphatic hydroxyl groups is 1. The fraction of sp³-hybridized carbons (Fsp3) is 0.222. The monoisotopic (exact) mass is 251 g/mol. The molecule has 18 heavy (non-hydrogen) atoms. The summed E-state index contributed by atoms with van der Waals surface area (Å²) in [5, 5.41) is 31.1. The van der Waals surface area contributed by atoms with Crippen LogP contribution in [0.15, 0.2) is 12.3 Å². The minimum atomic E-state index is -1.50. The Morgan fingerprint density at radius 1 is 1.78 bits per heavy atom. The summed E-state index contributed by atoms with van der Waals surface area (Å²) < 4.78 is 0. The number of anilines is 1. The first kappa shape index (κ1) is 13.3. The first-order valence-electron chi connectivity index (χ1n) is 4.72. The van der Waals surface area contributed by atoms with Crippen LogP contribution in [-0.2, 0) is 4.79 Å². The Labute approximate surface area is 101 Å². The Bertz CT molecular complexity index is 524. The van der Waals surface area contributed by atoms with Crippen LogP contribution in [0.1, 0.15) is 5.56 Å². The third-order valence-electron chi connectivity index (χ3n) is 2.02. The maximum atomic E-state index is 10.8. The third kappa shape index (κ3) is 2.89. The zero-order chi connectivity index (χ0) is 13.7. The number of pyridine rings is 1. The van der Waals surface area contributed by atoms with E-state index in [1.54, 1.807) is 6.07 Å². The Morgan fingerprint density at radius 2 is 2.44 bits per heavy atom. The highest BCUT2D eigenvalue weighted by Gasteiger charge is 2.22. The number of nitrogens with one attached hydrogen (secondary N) is 1. The molecule has 0 aliphatic heterocycles. The molecule has 0 bridgehead atoms. The summed E-state index contributed by atoms with van der Waals surface area (Å²) in [5.41, 5.74) is 4.13. The molecule has 94 valence electrons. The molecule has 0 saturated heterocycles. The lowest BCUT2D eigenvalue weighted by Gasteiger charge is -2.09. The van der Waals surface area contributed by atoms with E-state index in [2.05, 4.69) is 10.3 Å². The highest BCUT2D eigenvalue weighted by Crippen LogP contribution is 2.25. The first-order chi connectivity index (χ1) is 8.47. The molecule has 0 aliphatic rings. The number of carbonyl (C=O) groups excluding carboxylic acids is 1. The zero-order valence-electron chi connectivity index (χ0n) is 9.03. The van der Waals surface area contributed by atoms with Gasteiger partial charge in [0, 0.05) is 6.20 Å². The van der Waals surface area contributed by atoms with Crippen molar-refractivity contribution in [3.05, 3.63) is 27.9 Å². The van der Waals surface area contributed by atoms with Gasteiger partial charge in [-0.15, -0.1) is 0 Å². The maximum Gasteiger partial charge on any atom is 0.328 e. The van der Waals surface area contributed by atoms with Gasteiger partial charge in [0.2, 0.25) is 11.7 Å². The molecule has 1 amide bonds. The van der Waals surface area contributed by atoms with Crippen molar-refractivity contribution in [3.8, 4) is 6.07 Å². The van der Waals surface area contributed by atoms with Crippen LogP contribution in [0, 0.1) is 21.4 Å². The van der Waals surface area contributed by atoms with Crippen molar-refractivity contribution in [2.45, 2.75) is 6.10 Å². The standard InChI is InChI=1S/C9H9N5O4/c10-3-5-1-2-12-9(7(5)14(17)18)13-4-6(15)8(11)16/h1-2,6,15H,4H2,(H2,11,16)(H,12,13). The molecular weight excluding hydrogens is 242 g/mol. The molecular formula is C9H9N5O4. The predicted octanol–water partition coefficient (Wildman–Crippen LogP) is -0.880. The van der Waals surface area contributed by atoms with Gasteiger partial charge in [0.15, 0.2) is 0 Å². The summed E-state index contributed by atoms with van der Waals surface area (Å²) >= 11 is 0. The van der Waals surface area contributed by atoms with E-state index >= 15 is 0 Å². The Kier molecular flexibility index (Phi) is 4.11. The summed E-state index contributed by atoms with van der Waals surface area (Å²) in [7, 11) is 0. The molecule has 1 aromatic heterocycles. The van der Waals surface area contributed by atoms with Crippen molar-refractivity contribution in [2.24, 2.45) is 5.73 Å². The number of nitriles is 1. The van der Waals surface area contributed by atoms with Gasteiger partial charge in [-0.1, -0.05) is 0 Å². The van der Waals surface area contributed by atoms with Gasteiger partial charge in [-0.05, 0) is 6.07 Å². The molecule has 4 N–H and O–H groups in total. The lowest BCUT2D eigenvalue weighted by atomic mass is 10.2. The van der Waals surface area contributed by atoms with Crippen LogP contribution in [0.5, 0.6) is 0 Å². The van der Waals surface area contributed by atoms with Crippen molar-refractivity contribution in [3.63, 3.8) is 0 Å². The van der Waals surface area contributed by atoms with Crippen molar-refractivity contribution >= 4 is 17.4 Å². The van der Waals surface area contributed by atoms with Crippen LogP contribution in [0.2, 0.25) is 0 Å². The number of nitrogens with zero attached hydrogens (tertiary/aromatic N) is 3. The molecule has 9 heteroatoms. The Balaban J connectivity index is 2.99. The van der Waals surface area contributed by atoms with Crippen LogP contribution >= 0.6 is 0 Å². The number of hydrogen-bond donors (Lipinski definition) is 3. The molecule has 1 rings (SSSR count). The lowest BCUT2D eigenvalue weighted by molar-refractivity contribution is -0.384. The summed E-state index contributed by atoms with van der Waals surface area (Å²) in [4.78, 5) is 24.3. The van der Waals surface area contributed by atoms with Gasteiger partial charge < -0.3 is 16.2 Å². The van der Waals surface area contributed by atoms with E-state index in [1.165, 1.54) is 12.3 Å². The number of nitrogens with two attached hydrogens (primary N) is 1. The van der Waals surface area contributed by atoms with Crippen LogP contribution < -0.4 is 11.1 Å². The Morgan fingerprint density at radius 3 is 2.94 bits per heavy atom. The van der Waals surface area contributed by atoms with E-state index in [0.717, 1.165) is 0 Å². The second-order valence-corrected chi connectivity index (χ2v) is 3.22. The molecule has 1 heterocycles. The molecule has 0 radical (unpaired) electrons. The summed E-state index contributed by atoms with van der Waals surface area (Å²) in [6.07, 6.45) is -0.304. The van der Waals surface area contributed by atoms with Gasteiger partial charge in [-0.25, -0.2) is 4.98 Å². The quantitative estimate of drug-likeness (QED) is 0.453. The van der Waals surface area contributed by atoms with Crippen molar-refractivity contribution < 1.29 is 14.8 Å². The maximum absolute atomic E-state index is 10.8. The van der Waals surface area contributed by atoms with Crippen LogP contribution in [0.3, 0.4) is 0 Å². The zero-order valence-corrected chi connectivity index (χ0v) is 9.03. The smallest absolute Gasteiger partial charge is 0.328 e. The number of nitro groups is 1. The number of aromatic nitrogens is 1. The van der Waals surface area contributed by atoms with Gasteiger partial charge >= 0.3 is 5.69 Å². The van der Waals surface area contributed by atoms with Gasteiger partial charge in [-0.3, -0.25) is 14.9 Å². The highest BCUT2D eigenvalue weighted by molar-refractivity contribution is 5.79. The number of rotatable bonds is 5. The minimum Gasteiger partial charge on any atom is -0.381 e. The fourth-order valence-electron chi connectivity index (χ4n) is 1.15. The van der Waals surface area contributed by atoms with Gasteiger partial charge in [0.25, 0.3) is 0 Å². The number of hydrogen-bond acceptors (Lipinski definition) is 7. The SMILES string of the molecule is N#Cc1ccnc(NCC(O)C(N)=O)c1[N+](=O)[O-]. The first-order valence-corrected chi connectivity index (χ1v) is 4.72. The second kappa shape index (κ2) is 5.55. The summed E-state index contributed by atoms with van der Waals surface area (Å²) in [5.74, 6) is -1.18. The largest absolute Gasteiger partial charge is 0.381 e. The second-order valence-electron chi connectivity index (χ2n) is 3.22. The molecule has 9 nitrogen and oxygen atoms in total. The van der Waals surface area contributed by atoms with Crippen LogP contribution in [0.4, 0.5) is 11.5 Å². The number of carbonyl (C=O) groups is 1. The molecule has 1 aromatic rings.